The Hall–Kier alpha value is -4.66. The minimum absolute atomic E-state index is 0.252. The standard InChI is InChI=1S/C31H32N4O5/c1-31(2,3)40-30(38)35-25-14-13-20(16-22(25)18-34(4)29(37)26(35)17-27(36)39-5)19-9-8-10-21(15-19)28-32-23-11-6-7-12-24(23)33-28/h6-16,26H,17-18H2,1-5H3,(H,32,33). The Morgan fingerprint density at radius 3 is 2.45 bits per heavy atom. The first kappa shape index (κ1) is 26.9. The molecule has 40 heavy (non-hydrogen) atoms. The van der Waals surface area contributed by atoms with Gasteiger partial charge in [-0.25, -0.2) is 9.78 Å². The number of fused-ring (bicyclic) bond motifs is 2. The van der Waals surface area contributed by atoms with Crippen molar-refractivity contribution in [2.75, 3.05) is 19.1 Å². The van der Waals surface area contributed by atoms with E-state index in [1.807, 2.05) is 54.6 Å². The van der Waals surface area contributed by atoms with Crippen LogP contribution in [0.3, 0.4) is 0 Å². The van der Waals surface area contributed by atoms with Gasteiger partial charge in [-0.05, 0) is 67.8 Å². The van der Waals surface area contributed by atoms with E-state index in [1.165, 1.54) is 16.9 Å². The van der Waals surface area contributed by atoms with E-state index >= 15 is 0 Å². The van der Waals surface area contributed by atoms with E-state index in [-0.39, 0.29) is 18.9 Å². The Bertz CT molecular complexity index is 1570. The van der Waals surface area contributed by atoms with E-state index in [1.54, 1.807) is 33.9 Å². The molecule has 0 saturated heterocycles. The second-order valence-electron chi connectivity index (χ2n) is 10.9. The number of aromatic amines is 1. The van der Waals surface area contributed by atoms with Crippen LogP contribution in [0.1, 0.15) is 32.8 Å². The van der Waals surface area contributed by atoms with Gasteiger partial charge in [-0.3, -0.25) is 14.5 Å². The number of amides is 2. The fourth-order valence-corrected chi connectivity index (χ4v) is 4.88. The maximum atomic E-state index is 13.5. The number of carbonyl (C=O) groups excluding carboxylic acids is 3. The minimum Gasteiger partial charge on any atom is -0.469 e. The van der Waals surface area contributed by atoms with Gasteiger partial charge in [-0.15, -0.1) is 0 Å². The predicted octanol–water partition coefficient (Wildman–Crippen LogP) is 5.54. The number of rotatable bonds is 4. The van der Waals surface area contributed by atoms with Crippen molar-refractivity contribution >= 4 is 34.7 Å². The van der Waals surface area contributed by atoms with Crippen LogP contribution in [0.4, 0.5) is 10.5 Å². The van der Waals surface area contributed by atoms with Crippen molar-refractivity contribution in [2.24, 2.45) is 0 Å². The first-order valence-electron chi connectivity index (χ1n) is 13.1. The molecule has 0 spiro atoms. The summed E-state index contributed by atoms with van der Waals surface area (Å²) >= 11 is 0. The van der Waals surface area contributed by atoms with Crippen molar-refractivity contribution in [1.29, 1.82) is 0 Å². The summed E-state index contributed by atoms with van der Waals surface area (Å²) in [5, 5.41) is 0. The summed E-state index contributed by atoms with van der Waals surface area (Å²) in [4.78, 5) is 50.1. The van der Waals surface area contributed by atoms with Crippen molar-refractivity contribution in [2.45, 2.75) is 45.4 Å². The first-order chi connectivity index (χ1) is 19.0. The molecule has 0 radical (unpaired) electrons. The highest BCUT2D eigenvalue weighted by molar-refractivity contribution is 6.01. The molecule has 0 saturated carbocycles. The molecule has 1 atom stereocenters. The van der Waals surface area contributed by atoms with Crippen LogP contribution < -0.4 is 4.90 Å². The highest BCUT2D eigenvalue weighted by Crippen LogP contribution is 2.35. The van der Waals surface area contributed by atoms with Gasteiger partial charge in [0, 0.05) is 19.2 Å². The molecule has 3 aromatic carbocycles. The van der Waals surface area contributed by atoms with Crippen LogP contribution in [-0.4, -0.2) is 58.6 Å². The molecule has 1 aliphatic rings. The monoisotopic (exact) mass is 540 g/mol. The van der Waals surface area contributed by atoms with E-state index in [0.717, 1.165) is 39.1 Å². The van der Waals surface area contributed by atoms with Crippen molar-refractivity contribution in [3.63, 3.8) is 0 Å². The molecule has 9 heteroatoms. The molecular formula is C31H32N4O5. The number of methoxy groups -OCH3 is 1. The molecule has 4 aromatic rings. The van der Waals surface area contributed by atoms with Crippen molar-refractivity contribution < 1.29 is 23.9 Å². The number of nitrogens with zero attached hydrogens (tertiary/aromatic N) is 3. The lowest BCUT2D eigenvalue weighted by atomic mass is 9.99. The first-order valence-corrected chi connectivity index (χ1v) is 13.1. The summed E-state index contributed by atoms with van der Waals surface area (Å²) < 4.78 is 10.5. The van der Waals surface area contributed by atoms with Gasteiger partial charge in [0.05, 0.1) is 30.3 Å². The number of carbonyl (C=O) groups is 3. The van der Waals surface area contributed by atoms with Crippen LogP contribution in [0.2, 0.25) is 0 Å². The largest absolute Gasteiger partial charge is 0.469 e. The molecule has 5 rings (SSSR count). The normalized spacial score (nSPS) is 15.5. The summed E-state index contributed by atoms with van der Waals surface area (Å²) in [6.07, 6.45) is -0.995. The van der Waals surface area contributed by atoms with Crippen LogP contribution in [0, 0.1) is 0 Å². The zero-order valence-electron chi connectivity index (χ0n) is 23.2. The lowest BCUT2D eigenvalue weighted by molar-refractivity contribution is -0.144. The number of imidazole rings is 1. The number of likely N-dealkylation sites (N-methyl/N-ethyl adjacent to an activating group) is 1. The number of hydrogen-bond donors (Lipinski definition) is 1. The van der Waals surface area contributed by atoms with E-state index < -0.39 is 23.7 Å². The molecule has 206 valence electrons. The van der Waals surface area contributed by atoms with E-state index in [2.05, 4.69) is 11.1 Å². The fraction of sp³-hybridized carbons (Fsp3) is 0.290. The Kier molecular flexibility index (Phi) is 7.06. The third-order valence-corrected chi connectivity index (χ3v) is 6.76. The second-order valence-corrected chi connectivity index (χ2v) is 10.9. The smallest absolute Gasteiger partial charge is 0.415 e. The minimum atomic E-state index is -1.10. The predicted molar refractivity (Wildman–Crippen MR) is 153 cm³/mol. The molecule has 1 aliphatic heterocycles. The Morgan fingerprint density at radius 2 is 1.73 bits per heavy atom. The maximum absolute atomic E-state index is 13.5. The molecule has 2 amide bonds. The molecule has 2 heterocycles. The number of anilines is 1. The number of esters is 1. The number of nitrogens with one attached hydrogen (secondary N) is 1. The number of H-pyrrole nitrogens is 1. The Labute approximate surface area is 232 Å². The van der Waals surface area contributed by atoms with Crippen LogP contribution in [0.25, 0.3) is 33.5 Å². The molecule has 0 bridgehead atoms. The lowest BCUT2D eigenvalue weighted by Gasteiger charge is -2.32. The third kappa shape index (κ3) is 5.40. The number of ether oxygens (including phenoxy) is 2. The molecule has 1 N–H and O–H groups in total. The summed E-state index contributed by atoms with van der Waals surface area (Å²) in [5.41, 5.74) is 5.12. The summed E-state index contributed by atoms with van der Waals surface area (Å²) in [7, 11) is 2.91. The van der Waals surface area contributed by atoms with Gasteiger partial charge >= 0.3 is 12.1 Å². The molecule has 0 fully saturated rings. The third-order valence-electron chi connectivity index (χ3n) is 6.76. The van der Waals surface area contributed by atoms with Crippen LogP contribution in [0.15, 0.2) is 66.7 Å². The lowest BCUT2D eigenvalue weighted by Crippen LogP contribution is -2.51. The number of aromatic nitrogens is 2. The van der Waals surface area contributed by atoms with Crippen molar-refractivity contribution in [3.05, 3.63) is 72.3 Å². The van der Waals surface area contributed by atoms with Crippen LogP contribution in [-0.2, 0) is 25.6 Å². The van der Waals surface area contributed by atoms with Crippen LogP contribution in [0.5, 0.6) is 0 Å². The highest BCUT2D eigenvalue weighted by atomic mass is 16.6. The average molecular weight is 541 g/mol. The van der Waals surface area contributed by atoms with Crippen molar-refractivity contribution in [3.8, 4) is 22.5 Å². The summed E-state index contributed by atoms with van der Waals surface area (Å²) in [6, 6.07) is 20.5. The van der Waals surface area contributed by atoms with E-state index in [4.69, 9.17) is 14.5 Å². The SMILES string of the molecule is COC(=O)CC1C(=O)N(C)Cc2cc(-c3cccc(-c4nc5ccccc5[nH]4)c3)ccc2N1C(=O)OC(C)(C)C. The zero-order chi connectivity index (χ0) is 28.6. The van der Waals surface area contributed by atoms with E-state index in [9.17, 15) is 14.4 Å². The van der Waals surface area contributed by atoms with Crippen molar-refractivity contribution in [1.82, 2.24) is 14.9 Å². The van der Waals surface area contributed by atoms with Gasteiger partial charge in [-0.2, -0.15) is 0 Å². The second kappa shape index (κ2) is 10.5. The molecule has 1 aromatic heterocycles. The summed E-state index contributed by atoms with van der Waals surface area (Å²) in [6.45, 7) is 5.52. The van der Waals surface area contributed by atoms with E-state index in [0.29, 0.717) is 5.69 Å². The van der Waals surface area contributed by atoms with Gasteiger partial charge in [0.2, 0.25) is 5.91 Å². The number of hydrogen-bond acceptors (Lipinski definition) is 6. The van der Waals surface area contributed by atoms with Gasteiger partial charge in [0.25, 0.3) is 0 Å². The van der Waals surface area contributed by atoms with Gasteiger partial charge in [0.1, 0.15) is 17.5 Å². The molecule has 1 unspecified atom stereocenters. The highest BCUT2D eigenvalue weighted by Gasteiger charge is 2.40. The zero-order valence-corrected chi connectivity index (χ0v) is 23.2. The Morgan fingerprint density at radius 1 is 1.00 bits per heavy atom. The fourth-order valence-electron chi connectivity index (χ4n) is 4.88. The van der Waals surface area contributed by atoms with Crippen LogP contribution >= 0.6 is 0 Å². The van der Waals surface area contributed by atoms with Gasteiger partial charge in [-0.1, -0.05) is 36.4 Å². The number of benzene rings is 3. The average Bonchev–Trinajstić information content (AvgIpc) is 3.32. The molecule has 9 nitrogen and oxygen atoms in total. The molecule has 0 aliphatic carbocycles. The Balaban J connectivity index is 1.56. The number of para-hydroxylation sites is 2. The summed E-state index contributed by atoms with van der Waals surface area (Å²) in [5.74, 6) is -0.200. The quantitative estimate of drug-likeness (QED) is 0.341. The van der Waals surface area contributed by atoms with Gasteiger partial charge in [0.15, 0.2) is 0 Å². The molecular weight excluding hydrogens is 508 g/mol. The van der Waals surface area contributed by atoms with Gasteiger partial charge < -0.3 is 19.4 Å². The maximum Gasteiger partial charge on any atom is 0.415 e. The topological polar surface area (TPSA) is 105 Å².